The number of carbonyl (C=O) groups excluding carboxylic acids is 1. The maximum atomic E-state index is 15.4. The summed E-state index contributed by atoms with van der Waals surface area (Å²) < 4.78 is 22.1. The molecule has 46 heavy (non-hydrogen) atoms. The first-order chi connectivity index (χ1) is 22.4. The van der Waals surface area contributed by atoms with Crippen molar-refractivity contribution in [2.75, 3.05) is 6.26 Å². The van der Waals surface area contributed by atoms with Gasteiger partial charge in [0.05, 0.1) is 12.1 Å². The van der Waals surface area contributed by atoms with Gasteiger partial charge in [-0.15, -0.1) is 11.8 Å². The smallest absolute Gasteiger partial charge is 0.412 e. The summed E-state index contributed by atoms with van der Waals surface area (Å²) in [5.41, 5.74) is 1.71. The quantitative estimate of drug-likeness (QED) is 0.146. The molecular formula is C39H39N2O3PS. The summed E-state index contributed by atoms with van der Waals surface area (Å²) in [5, 5.41) is 4.61. The second-order valence-electron chi connectivity index (χ2n) is 11.9. The molecule has 1 saturated heterocycles. The lowest BCUT2D eigenvalue weighted by Crippen LogP contribution is -2.53. The summed E-state index contributed by atoms with van der Waals surface area (Å²) in [6.45, 7) is 4.28. The number of amides is 1. The average Bonchev–Trinajstić information content (AvgIpc) is 3.43. The monoisotopic (exact) mass is 646 g/mol. The second-order valence-corrected chi connectivity index (χ2v) is 15.3. The van der Waals surface area contributed by atoms with E-state index in [-0.39, 0.29) is 12.0 Å². The van der Waals surface area contributed by atoms with Gasteiger partial charge in [0.2, 0.25) is 7.29 Å². The van der Waals surface area contributed by atoms with Gasteiger partial charge in [-0.05, 0) is 42.0 Å². The van der Waals surface area contributed by atoms with E-state index >= 15 is 4.57 Å². The molecule has 0 unspecified atom stereocenters. The largest absolute Gasteiger partial charge is 0.431 e. The first-order valence-electron chi connectivity index (χ1n) is 15.6. The van der Waals surface area contributed by atoms with Crippen LogP contribution in [0.5, 0.6) is 0 Å². The van der Waals surface area contributed by atoms with Crippen LogP contribution in [-0.4, -0.2) is 28.7 Å². The maximum Gasteiger partial charge on any atom is 0.412 e. The normalized spacial score (nSPS) is 17.4. The van der Waals surface area contributed by atoms with Gasteiger partial charge in [-0.3, -0.25) is 9.46 Å². The number of carbonyl (C=O) groups is 1. The Labute approximate surface area is 276 Å². The van der Waals surface area contributed by atoms with Gasteiger partial charge in [0, 0.05) is 21.7 Å². The lowest BCUT2D eigenvalue weighted by atomic mass is 9.75. The Morgan fingerprint density at radius 1 is 0.696 bits per heavy atom. The molecule has 0 radical (unpaired) electrons. The number of cyclic esters (lactones) is 1. The predicted molar refractivity (Wildman–Crippen MR) is 190 cm³/mol. The Morgan fingerprint density at radius 2 is 1.11 bits per heavy atom. The molecule has 5 aromatic carbocycles. The zero-order valence-corrected chi connectivity index (χ0v) is 28.0. The van der Waals surface area contributed by atoms with Gasteiger partial charge in [0.25, 0.3) is 0 Å². The Morgan fingerprint density at radius 3 is 1.52 bits per heavy atom. The van der Waals surface area contributed by atoms with Gasteiger partial charge in [0.15, 0.2) is 5.60 Å². The minimum atomic E-state index is -3.41. The molecule has 0 spiro atoms. The second kappa shape index (κ2) is 13.7. The minimum Gasteiger partial charge on any atom is -0.431 e. The maximum absolute atomic E-state index is 15.4. The van der Waals surface area contributed by atoms with E-state index in [1.165, 1.54) is 0 Å². The number of benzene rings is 5. The Hall–Kier alpha value is -4.09. The van der Waals surface area contributed by atoms with Crippen LogP contribution < -0.4 is 15.7 Å². The summed E-state index contributed by atoms with van der Waals surface area (Å²) in [6.07, 6.45) is 1.61. The molecule has 1 aliphatic rings. The molecule has 5 aromatic rings. The van der Waals surface area contributed by atoms with Crippen molar-refractivity contribution in [2.24, 2.45) is 5.92 Å². The highest BCUT2D eigenvalue weighted by molar-refractivity contribution is 7.99. The Kier molecular flexibility index (Phi) is 9.51. The third-order valence-electron chi connectivity index (χ3n) is 8.73. The highest BCUT2D eigenvalue weighted by atomic mass is 32.2. The van der Waals surface area contributed by atoms with Crippen molar-refractivity contribution >= 4 is 35.8 Å². The van der Waals surface area contributed by atoms with Crippen LogP contribution in [-0.2, 0) is 14.9 Å². The van der Waals surface area contributed by atoms with Gasteiger partial charge >= 0.3 is 6.09 Å². The Bertz CT molecular complexity index is 1690. The van der Waals surface area contributed by atoms with Crippen LogP contribution in [0, 0.1) is 5.92 Å². The van der Waals surface area contributed by atoms with Crippen molar-refractivity contribution in [3.63, 3.8) is 0 Å². The fourth-order valence-corrected chi connectivity index (χ4v) is 10.3. The number of rotatable bonds is 11. The lowest BCUT2D eigenvalue weighted by Gasteiger charge is -2.43. The van der Waals surface area contributed by atoms with Gasteiger partial charge in [-0.2, -0.15) is 0 Å². The molecule has 234 valence electrons. The molecule has 1 N–H and O–H groups in total. The van der Waals surface area contributed by atoms with Crippen LogP contribution >= 0.6 is 19.1 Å². The number of hydrogen-bond acceptors (Lipinski definition) is 4. The topological polar surface area (TPSA) is 58.6 Å². The molecule has 0 bridgehead atoms. The van der Waals surface area contributed by atoms with Crippen LogP contribution in [0.3, 0.4) is 0 Å². The zero-order chi connectivity index (χ0) is 32.1. The van der Waals surface area contributed by atoms with E-state index in [9.17, 15) is 4.79 Å². The number of hydrogen-bond donors (Lipinski definition) is 1. The summed E-state index contributed by atoms with van der Waals surface area (Å²) in [7, 11) is -3.41. The van der Waals surface area contributed by atoms with Crippen molar-refractivity contribution < 1.29 is 14.1 Å². The molecule has 0 aliphatic carbocycles. The van der Waals surface area contributed by atoms with Crippen LogP contribution in [0.25, 0.3) is 0 Å². The first-order valence-corrected chi connectivity index (χ1v) is 18.6. The fourth-order valence-electron chi connectivity index (χ4n) is 6.75. The summed E-state index contributed by atoms with van der Waals surface area (Å²) in [4.78, 5) is 16.4. The van der Waals surface area contributed by atoms with Crippen molar-refractivity contribution in [2.45, 2.75) is 36.9 Å². The molecular weight excluding hydrogens is 607 g/mol. The number of nitrogens with zero attached hydrogens (tertiary/aromatic N) is 1. The van der Waals surface area contributed by atoms with Gasteiger partial charge in [-0.1, -0.05) is 141 Å². The molecule has 6 rings (SSSR count). The highest BCUT2D eigenvalue weighted by Crippen LogP contribution is 2.52. The molecule has 0 saturated carbocycles. The van der Waals surface area contributed by atoms with Crippen molar-refractivity contribution in [1.29, 1.82) is 0 Å². The van der Waals surface area contributed by atoms with Crippen LogP contribution in [0.15, 0.2) is 152 Å². The lowest BCUT2D eigenvalue weighted by molar-refractivity contribution is 0.0538. The van der Waals surface area contributed by atoms with Crippen molar-refractivity contribution in [3.8, 4) is 0 Å². The van der Waals surface area contributed by atoms with E-state index < -0.39 is 30.4 Å². The standard InChI is InChI=1S/C39H39N2O3PS/c1-29(2)36-39(31-21-11-5-12-22-31,32-23-13-6-14-24-32)44-38(42)41(36)37(46-3)35(30-19-9-4-10-20-30)40-45(43,33-25-15-7-16-26-33)34-27-17-8-18-28-34/h4-29,35-37H,1-3H3,(H,40,43)/t35-,36+,37+/m1/s1. The van der Waals surface area contributed by atoms with E-state index in [2.05, 4.69) is 18.9 Å². The van der Waals surface area contributed by atoms with E-state index in [4.69, 9.17) is 4.74 Å². The van der Waals surface area contributed by atoms with Crippen LogP contribution in [0.1, 0.15) is 36.6 Å². The van der Waals surface area contributed by atoms with Crippen LogP contribution in [0.4, 0.5) is 4.79 Å². The minimum absolute atomic E-state index is 0.00740. The van der Waals surface area contributed by atoms with E-state index in [1.54, 1.807) is 11.8 Å². The molecule has 5 nitrogen and oxygen atoms in total. The number of nitrogens with one attached hydrogen (secondary N) is 1. The van der Waals surface area contributed by atoms with Gasteiger partial charge < -0.3 is 4.74 Å². The number of thioether (sulfide) groups is 1. The SMILES string of the molecule is CS[C@@H]([C@H](NP(=O)(c1ccccc1)c1ccccc1)c1ccccc1)N1C(=O)OC(c2ccccc2)(c2ccccc2)[C@@H]1C(C)C. The average molecular weight is 647 g/mol. The molecule has 1 amide bonds. The molecule has 3 atom stereocenters. The Balaban J connectivity index is 1.53. The third kappa shape index (κ3) is 5.82. The van der Waals surface area contributed by atoms with Crippen molar-refractivity contribution in [1.82, 2.24) is 9.99 Å². The summed E-state index contributed by atoms with van der Waals surface area (Å²) in [5.74, 6) is 0.00740. The fraction of sp³-hybridized carbons (Fsp3) is 0.205. The third-order valence-corrected chi connectivity index (χ3v) is 12.4. The van der Waals surface area contributed by atoms with Crippen LogP contribution in [0.2, 0.25) is 0 Å². The predicted octanol–water partition coefficient (Wildman–Crippen LogP) is 8.36. The summed E-state index contributed by atoms with van der Waals surface area (Å²) >= 11 is 1.56. The molecule has 0 aromatic heterocycles. The molecule has 1 heterocycles. The summed E-state index contributed by atoms with van der Waals surface area (Å²) in [6, 6.07) is 48.4. The highest BCUT2D eigenvalue weighted by Gasteiger charge is 2.60. The van der Waals surface area contributed by atoms with Gasteiger partial charge in [-0.25, -0.2) is 9.88 Å². The molecule has 1 aliphatic heterocycles. The van der Waals surface area contributed by atoms with E-state index in [1.807, 2.05) is 163 Å². The molecule has 1 fully saturated rings. The van der Waals surface area contributed by atoms with E-state index in [0.717, 1.165) is 16.7 Å². The first kappa shape index (κ1) is 31.9. The molecule has 7 heteroatoms. The van der Waals surface area contributed by atoms with Gasteiger partial charge in [0.1, 0.15) is 5.37 Å². The van der Waals surface area contributed by atoms with E-state index in [0.29, 0.717) is 10.6 Å². The number of ether oxygens (including phenoxy) is 1. The van der Waals surface area contributed by atoms with Crippen molar-refractivity contribution in [3.05, 3.63) is 168 Å². The zero-order valence-electron chi connectivity index (χ0n) is 26.3.